The van der Waals surface area contributed by atoms with Crippen LogP contribution in [0.4, 0.5) is 0 Å². The molecule has 8 heteroatoms. The molecule has 1 unspecified atom stereocenters. The molecule has 0 radical (unpaired) electrons. The molecule has 0 amide bonds. The lowest BCUT2D eigenvalue weighted by Crippen LogP contribution is -2.29. The first-order chi connectivity index (χ1) is 16.2. The standard InChI is InChI=1S/C26H33N3O4S/c1-17(2)24-23(28-18(3)34-24)19-5-9-21(10-6-19)32-15-13-26(4,30)14-16-33-22-11-7-20(8-12-22)25(27)29-31/h5-12,17,30-31H,13-16H2,1-4H3,(H2,27,29). The second-order valence-electron chi connectivity index (χ2n) is 8.83. The predicted octanol–water partition coefficient (Wildman–Crippen LogP) is 5.33. The smallest absolute Gasteiger partial charge is 0.170 e. The Morgan fingerprint density at radius 1 is 1.03 bits per heavy atom. The molecule has 7 nitrogen and oxygen atoms in total. The molecular formula is C26H33N3O4S. The van der Waals surface area contributed by atoms with Gasteiger partial charge in [-0.3, -0.25) is 0 Å². The molecule has 3 aromatic rings. The number of aliphatic hydroxyl groups is 1. The van der Waals surface area contributed by atoms with Crippen LogP contribution in [0.25, 0.3) is 11.3 Å². The van der Waals surface area contributed by atoms with E-state index in [4.69, 9.17) is 25.4 Å². The zero-order valence-electron chi connectivity index (χ0n) is 20.1. The van der Waals surface area contributed by atoms with Gasteiger partial charge in [-0.1, -0.05) is 19.0 Å². The van der Waals surface area contributed by atoms with Crippen molar-refractivity contribution < 1.29 is 19.8 Å². The van der Waals surface area contributed by atoms with Gasteiger partial charge < -0.3 is 25.5 Å². The molecule has 0 aliphatic carbocycles. The first-order valence-corrected chi connectivity index (χ1v) is 12.1. The van der Waals surface area contributed by atoms with Gasteiger partial charge in [0.25, 0.3) is 0 Å². The van der Waals surface area contributed by atoms with Crippen molar-refractivity contribution in [1.29, 1.82) is 0 Å². The summed E-state index contributed by atoms with van der Waals surface area (Å²) in [6, 6.07) is 14.9. The maximum atomic E-state index is 10.7. The molecule has 1 heterocycles. The molecule has 3 rings (SSSR count). The van der Waals surface area contributed by atoms with Crippen LogP contribution in [0.3, 0.4) is 0 Å². The SMILES string of the molecule is Cc1nc(-c2ccc(OCCC(C)(O)CCOc3ccc(/C(N)=N/O)cc3)cc2)c(C(C)C)s1. The fraction of sp³-hybridized carbons (Fsp3) is 0.385. The summed E-state index contributed by atoms with van der Waals surface area (Å²) in [5.74, 6) is 1.89. The number of aromatic nitrogens is 1. The Morgan fingerprint density at radius 2 is 1.56 bits per heavy atom. The van der Waals surface area contributed by atoms with Crippen LogP contribution in [-0.4, -0.2) is 39.9 Å². The fourth-order valence-electron chi connectivity index (χ4n) is 3.43. The van der Waals surface area contributed by atoms with Gasteiger partial charge in [0.15, 0.2) is 5.84 Å². The minimum atomic E-state index is -0.919. The number of benzene rings is 2. The molecule has 0 spiro atoms. The molecule has 2 aromatic carbocycles. The third-order valence-electron chi connectivity index (χ3n) is 5.49. The highest BCUT2D eigenvalue weighted by molar-refractivity contribution is 7.12. The Bertz CT molecular complexity index is 1090. The number of amidine groups is 1. The van der Waals surface area contributed by atoms with Gasteiger partial charge in [-0.25, -0.2) is 4.98 Å². The summed E-state index contributed by atoms with van der Waals surface area (Å²) >= 11 is 1.75. The molecule has 1 atom stereocenters. The quantitative estimate of drug-likeness (QED) is 0.147. The van der Waals surface area contributed by atoms with Gasteiger partial charge in [0.2, 0.25) is 0 Å². The van der Waals surface area contributed by atoms with Crippen molar-refractivity contribution in [2.45, 2.75) is 52.1 Å². The Morgan fingerprint density at radius 3 is 2.06 bits per heavy atom. The molecule has 1 aromatic heterocycles. The summed E-state index contributed by atoms with van der Waals surface area (Å²) in [5.41, 5.74) is 7.38. The number of hydrogen-bond acceptors (Lipinski definition) is 7. The summed E-state index contributed by atoms with van der Waals surface area (Å²) in [5, 5.41) is 23.4. The van der Waals surface area contributed by atoms with Gasteiger partial charge in [0.05, 0.1) is 29.5 Å². The largest absolute Gasteiger partial charge is 0.493 e. The monoisotopic (exact) mass is 483 g/mol. The average molecular weight is 484 g/mol. The van der Waals surface area contributed by atoms with Gasteiger partial charge in [-0.2, -0.15) is 0 Å². The van der Waals surface area contributed by atoms with Crippen LogP contribution >= 0.6 is 11.3 Å². The minimum Gasteiger partial charge on any atom is -0.493 e. The number of aryl methyl sites for hydroxylation is 1. The van der Waals surface area contributed by atoms with E-state index in [-0.39, 0.29) is 5.84 Å². The topological polar surface area (TPSA) is 110 Å². The number of nitrogens with two attached hydrogens (primary N) is 1. The van der Waals surface area contributed by atoms with E-state index in [1.165, 1.54) is 4.88 Å². The van der Waals surface area contributed by atoms with Crippen LogP contribution < -0.4 is 15.2 Å². The number of ether oxygens (including phenoxy) is 2. The Hall–Kier alpha value is -3.10. The maximum Gasteiger partial charge on any atom is 0.170 e. The van der Waals surface area contributed by atoms with Crippen molar-refractivity contribution in [3.63, 3.8) is 0 Å². The van der Waals surface area contributed by atoms with Crippen LogP contribution in [0, 0.1) is 6.92 Å². The number of oxime groups is 1. The van der Waals surface area contributed by atoms with Crippen LogP contribution in [-0.2, 0) is 0 Å². The highest BCUT2D eigenvalue weighted by atomic mass is 32.1. The van der Waals surface area contributed by atoms with E-state index >= 15 is 0 Å². The molecule has 0 saturated carbocycles. The average Bonchev–Trinajstić information content (AvgIpc) is 3.21. The molecule has 4 N–H and O–H groups in total. The summed E-state index contributed by atoms with van der Waals surface area (Å²) in [7, 11) is 0. The highest BCUT2D eigenvalue weighted by Gasteiger charge is 2.21. The molecule has 0 bridgehead atoms. The Labute approximate surface area is 204 Å². The third kappa shape index (κ3) is 6.95. The van der Waals surface area contributed by atoms with Crippen molar-refractivity contribution in [3.8, 4) is 22.8 Å². The summed E-state index contributed by atoms with van der Waals surface area (Å²) in [4.78, 5) is 6.00. The van der Waals surface area contributed by atoms with Gasteiger partial charge >= 0.3 is 0 Å². The van der Waals surface area contributed by atoms with E-state index in [0.717, 1.165) is 22.0 Å². The zero-order valence-corrected chi connectivity index (χ0v) is 20.9. The van der Waals surface area contributed by atoms with E-state index in [1.807, 2.05) is 31.2 Å². The van der Waals surface area contributed by atoms with Crippen LogP contribution in [0.5, 0.6) is 11.5 Å². The minimum absolute atomic E-state index is 0.0441. The lowest BCUT2D eigenvalue weighted by Gasteiger charge is -2.23. The van der Waals surface area contributed by atoms with Gasteiger partial charge in [-0.15, -0.1) is 11.3 Å². The van der Waals surface area contributed by atoms with E-state index < -0.39 is 5.60 Å². The molecule has 0 fully saturated rings. The van der Waals surface area contributed by atoms with Gasteiger partial charge in [-0.05, 0) is 68.3 Å². The van der Waals surface area contributed by atoms with Crippen molar-refractivity contribution in [3.05, 3.63) is 64.0 Å². The van der Waals surface area contributed by atoms with E-state index in [1.54, 1.807) is 42.5 Å². The first kappa shape index (κ1) is 25.5. The lowest BCUT2D eigenvalue weighted by atomic mass is 9.99. The van der Waals surface area contributed by atoms with Gasteiger partial charge in [0, 0.05) is 28.8 Å². The molecular weight excluding hydrogens is 450 g/mol. The molecule has 0 aliphatic heterocycles. The predicted molar refractivity (Wildman–Crippen MR) is 136 cm³/mol. The lowest BCUT2D eigenvalue weighted by molar-refractivity contribution is 0.0172. The first-order valence-electron chi connectivity index (χ1n) is 11.3. The number of nitrogens with zero attached hydrogens (tertiary/aromatic N) is 2. The van der Waals surface area contributed by atoms with Crippen molar-refractivity contribution >= 4 is 17.2 Å². The summed E-state index contributed by atoms with van der Waals surface area (Å²) in [6.45, 7) is 8.94. The highest BCUT2D eigenvalue weighted by Crippen LogP contribution is 2.34. The summed E-state index contributed by atoms with van der Waals surface area (Å²) < 4.78 is 11.6. The third-order valence-corrected chi connectivity index (χ3v) is 6.76. The van der Waals surface area contributed by atoms with Crippen molar-refractivity contribution in [2.24, 2.45) is 10.9 Å². The Kier molecular flexibility index (Phi) is 8.52. The number of thiazole rings is 1. The van der Waals surface area contributed by atoms with Crippen molar-refractivity contribution in [1.82, 2.24) is 4.98 Å². The normalized spacial score (nSPS) is 13.6. The molecule has 34 heavy (non-hydrogen) atoms. The van der Waals surface area contributed by atoms with Crippen LogP contribution in [0.2, 0.25) is 0 Å². The fourth-order valence-corrected chi connectivity index (χ4v) is 4.38. The number of hydrogen-bond donors (Lipinski definition) is 3. The second kappa shape index (κ2) is 11.4. The second-order valence-corrected chi connectivity index (χ2v) is 10.1. The summed E-state index contributed by atoms with van der Waals surface area (Å²) in [6.07, 6.45) is 0.932. The zero-order chi connectivity index (χ0) is 24.7. The van der Waals surface area contributed by atoms with Gasteiger partial charge in [0.1, 0.15) is 11.5 Å². The molecule has 0 saturated heterocycles. The number of rotatable bonds is 11. The van der Waals surface area contributed by atoms with E-state index in [9.17, 15) is 5.11 Å². The van der Waals surface area contributed by atoms with Crippen LogP contribution in [0.1, 0.15) is 55.0 Å². The van der Waals surface area contributed by atoms with Crippen molar-refractivity contribution in [2.75, 3.05) is 13.2 Å². The molecule has 182 valence electrons. The molecule has 0 aliphatic rings. The Balaban J connectivity index is 1.45. The maximum absolute atomic E-state index is 10.7. The van der Waals surface area contributed by atoms with E-state index in [2.05, 4.69) is 19.0 Å². The van der Waals surface area contributed by atoms with Crippen LogP contribution in [0.15, 0.2) is 53.7 Å². The van der Waals surface area contributed by atoms with E-state index in [0.29, 0.717) is 43.3 Å².